The Labute approximate surface area is 168 Å². The van der Waals surface area contributed by atoms with Crippen LogP contribution in [-0.2, 0) is 6.18 Å². The molecule has 1 fully saturated rings. The third-order valence-corrected chi connectivity index (χ3v) is 4.74. The first-order chi connectivity index (χ1) is 14.3. The minimum atomic E-state index is -4.73. The minimum absolute atomic E-state index is 0.241. The Morgan fingerprint density at radius 1 is 1.07 bits per heavy atom. The van der Waals surface area contributed by atoms with E-state index in [2.05, 4.69) is 9.97 Å². The average molecular weight is 420 g/mol. The molecule has 156 valence electrons. The molecule has 0 atom stereocenters. The Hall–Kier alpha value is -3.43. The van der Waals surface area contributed by atoms with Gasteiger partial charge in [0.25, 0.3) is 5.91 Å². The van der Waals surface area contributed by atoms with Gasteiger partial charge in [0.15, 0.2) is 5.76 Å². The van der Waals surface area contributed by atoms with Gasteiger partial charge in [0, 0.05) is 37.9 Å². The largest absolute Gasteiger partial charge is 0.463 e. The van der Waals surface area contributed by atoms with Crippen LogP contribution in [0.1, 0.15) is 15.9 Å². The van der Waals surface area contributed by atoms with Gasteiger partial charge in [-0.25, -0.2) is 14.4 Å². The van der Waals surface area contributed by atoms with E-state index in [9.17, 15) is 22.4 Å². The first-order valence-corrected chi connectivity index (χ1v) is 9.10. The number of furan rings is 1. The van der Waals surface area contributed by atoms with Gasteiger partial charge in [-0.2, -0.15) is 13.2 Å². The van der Waals surface area contributed by atoms with Crippen LogP contribution >= 0.6 is 0 Å². The second-order valence-corrected chi connectivity index (χ2v) is 6.72. The summed E-state index contributed by atoms with van der Waals surface area (Å²) in [5.74, 6) is -0.694. The molecule has 1 saturated heterocycles. The molecule has 0 radical (unpaired) electrons. The molecule has 3 aromatic rings. The monoisotopic (exact) mass is 420 g/mol. The fourth-order valence-electron chi connectivity index (χ4n) is 3.23. The lowest BCUT2D eigenvalue weighted by atomic mass is 10.1. The molecule has 0 saturated carbocycles. The van der Waals surface area contributed by atoms with E-state index in [0.717, 1.165) is 6.07 Å². The molecule has 6 nitrogen and oxygen atoms in total. The first-order valence-electron chi connectivity index (χ1n) is 9.10. The standard InChI is InChI=1S/C20H16F4N4O2/c21-15-11-13(10-14(12-15)20(22,23)24)18(29)27-5-7-28(8-6-27)19-25-4-3-16(26-19)17-2-1-9-30-17/h1-4,9-12H,5-8H2. The Morgan fingerprint density at radius 2 is 1.83 bits per heavy atom. The van der Waals surface area contributed by atoms with Crippen molar-refractivity contribution in [3.63, 3.8) is 0 Å². The lowest BCUT2D eigenvalue weighted by Crippen LogP contribution is -2.49. The highest BCUT2D eigenvalue weighted by Gasteiger charge is 2.33. The third kappa shape index (κ3) is 4.12. The lowest BCUT2D eigenvalue weighted by molar-refractivity contribution is -0.137. The molecule has 10 heteroatoms. The Morgan fingerprint density at radius 3 is 2.50 bits per heavy atom. The highest BCUT2D eigenvalue weighted by atomic mass is 19.4. The smallest absolute Gasteiger partial charge is 0.416 e. The van der Waals surface area contributed by atoms with Gasteiger partial charge in [0.2, 0.25) is 5.95 Å². The maximum Gasteiger partial charge on any atom is 0.416 e. The van der Waals surface area contributed by atoms with Crippen LogP contribution in [0.3, 0.4) is 0 Å². The molecule has 0 spiro atoms. The second kappa shape index (κ2) is 7.77. The van der Waals surface area contributed by atoms with Gasteiger partial charge >= 0.3 is 6.18 Å². The van der Waals surface area contributed by atoms with Crippen molar-refractivity contribution >= 4 is 11.9 Å². The number of hydrogen-bond donors (Lipinski definition) is 0. The first kappa shape index (κ1) is 19.9. The molecule has 0 N–H and O–H groups in total. The summed E-state index contributed by atoms with van der Waals surface area (Å²) in [6.45, 7) is 1.25. The normalized spacial score (nSPS) is 14.8. The van der Waals surface area contributed by atoms with Crippen LogP contribution in [0.5, 0.6) is 0 Å². The summed E-state index contributed by atoms with van der Waals surface area (Å²) >= 11 is 0. The molecule has 0 unspecified atom stereocenters. The molecule has 1 aromatic carbocycles. The predicted molar refractivity (Wildman–Crippen MR) is 99.3 cm³/mol. The number of hydrogen-bond acceptors (Lipinski definition) is 5. The lowest BCUT2D eigenvalue weighted by Gasteiger charge is -2.34. The van der Waals surface area contributed by atoms with Crippen molar-refractivity contribution in [3.05, 3.63) is 65.8 Å². The van der Waals surface area contributed by atoms with E-state index in [4.69, 9.17) is 4.42 Å². The Balaban J connectivity index is 1.46. The maximum absolute atomic E-state index is 13.6. The quantitative estimate of drug-likeness (QED) is 0.603. The Bertz CT molecular complexity index is 1050. The summed E-state index contributed by atoms with van der Waals surface area (Å²) in [5.41, 5.74) is -0.901. The van der Waals surface area contributed by atoms with Crippen LogP contribution < -0.4 is 4.90 Å². The van der Waals surface area contributed by atoms with Crippen molar-refractivity contribution in [2.45, 2.75) is 6.18 Å². The zero-order valence-electron chi connectivity index (χ0n) is 15.6. The van der Waals surface area contributed by atoms with Crippen molar-refractivity contribution in [3.8, 4) is 11.5 Å². The van der Waals surface area contributed by atoms with E-state index in [1.165, 1.54) is 11.2 Å². The van der Waals surface area contributed by atoms with Crippen molar-refractivity contribution in [2.75, 3.05) is 31.1 Å². The predicted octanol–water partition coefficient (Wildman–Crippen LogP) is 3.86. The molecule has 0 aliphatic carbocycles. The van der Waals surface area contributed by atoms with Crippen molar-refractivity contribution in [1.29, 1.82) is 0 Å². The Kier molecular flexibility index (Phi) is 5.15. The van der Waals surface area contributed by atoms with Crippen molar-refractivity contribution in [1.82, 2.24) is 14.9 Å². The number of anilines is 1. The zero-order chi connectivity index (χ0) is 21.3. The van der Waals surface area contributed by atoms with Crippen LogP contribution in [0.2, 0.25) is 0 Å². The fraction of sp³-hybridized carbons (Fsp3) is 0.250. The number of nitrogens with zero attached hydrogens (tertiary/aromatic N) is 4. The molecule has 3 heterocycles. The average Bonchev–Trinajstić information content (AvgIpc) is 3.27. The molecule has 4 rings (SSSR count). The molecular weight excluding hydrogens is 404 g/mol. The topological polar surface area (TPSA) is 62.5 Å². The number of aromatic nitrogens is 2. The minimum Gasteiger partial charge on any atom is -0.463 e. The summed E-state index contributed by atoms with van der Waals surface area (Å²) in [5, 5.41) is 0. The van der Waals surface area contributed by atoms with Crippen LogP contribution in [0.25, 0.3) is 11.5 Å². The van der Waals surface area contributed by atoms with E-state index in [0.29, 0.717) is 42.6 Å². The number of halogens is 4. The molecule has 2 aromatic heterocycles. The van der Waals surface area contributed by atoms with Gasteiger partial charge in [-0.05, 0) is 36.4 Å². The second-order valence-electron chi connectivity index (χ2n) is 6.72. The molecule has 1 aliphatic heterocycles. The summed E-state index contributed by atoms with van der Waals surface area (Å²) in [6, 6.07) is 7.10. The number of piperazine rings is 1. The summed E-state index contributed by atoms with van der Waals surface area (Å²) in [4.78, 5) is 24.6. The van der Waals surface area contributed by atoms with Gasteiger partial charge in [-0.3, -0.25) is 4.79 Å². The highest BCUT2D eigenvalue weighted by molar-refractivity contribution is 5.94. The van der Waals surface area contributed by atoms with E-state index in [1.807, 2.05) is 4.90 Å². The van der Waals surface area contributed by atoms with Crippen LogP contribution in [0.15, 0.2) is 53.3 Å². The van der Waals surface area contributed by atoms with Crippen molar-refractivity contribution in [2.24, 2.45) is 0 Å². The third-order valence-electron chi connectivity index (χ3n) is 4.74. The number of alkyl halides is 3. The molecular formula is C20H16F4N4O2. The summed E-state index contributed by atoms with van der Waals surface area (Å²) in [6.07, 6.45) is -1.59. The zero-order valence-corrected chi connectivity index (χ0v) is 15.6. The number of carbonyl (C=O) groups excluding carboxylic acids is 1. The number of benzene rings is 1. The summed E-state index contributed by atoms with van der Waals surface area (Å²) < 4.78 is 57.7. The van der Waals surface area contributed by atoms with Gasteiger partial charge in [-0.1, -0.05) is 0 Å². The number of rotatable bonds is 3. The molecule has 1 aliphatic rings. The molecule has 1 amide bonds. The highest BCUT2D eigenvalue weighted by Crippen LogP contribution is 2.31. The van der Waals surface area contributed by atoms with E-state index >= 15 is 0 Å². The SMILES string of the molecule is O=C(c1cc(F)cc(C(F)(F)F)c1)N1CCN(c2nccc(-c3ccco3)n2)CC1. The maximum atomic E-state index is 13.6. The van der Waals surface area contributed by atoms with Crippen molar-refractivity contribution < 1.29 is 26.8 Å². The number of carbonyl (C=O) groups is 1. The van der Waals surface area contributed by atoms with E-state index in [-0.39, 0.29) is 18.7 Å². The van der Waals surface area contributed by atoms with Crippen LogP contribution in [-0.4, -0.2) is 47.0 Å². The van der Waals surface area contributed by atoms with Gasteiger partial charge in [-0.15, -0.1) is 0 Å². The van der Waals surface area contributed by atoms with Gasteiger partial charge in [0.05, 0.1) is 11.8 Å². The van der Waals surface area contributed by atoms with Gasteiger partial charge in [0.1, 0.15) is 11.5 Å². The van der Waals surface area contributed by atoms with E-state index < -0.39 is 23.5 Å². The summed E-state index contributed by atoms with van der Waals surface area (Å²) in [7, 11) is 0. The fourth-order valence-corrected chi connectivity index (χ4v) is 3.23. The van der Waals surface area contributed by atoms with E-state index in [1.54, 1.807) is 24.4 Å². The van der Waals surface area contributed by atoms with Crippen LogP contribution in [0.4, 0.5) is 23.5 Å². The number of amides is 1. The molecule has 0 bridgehead atoms. The molecule has 30 heavy (non-hydrogen) atoms. The van der Waals surface area contributed by atoms with Crippen LogP contribution in [0, 0.1) is 5.82 Å². The van der Waals surface area contributed by atoms with Gasteiger partial charge < -0.3 is 14.2 Å².